The van der Waals surface area contributed by atoms with Crippen molar-refractivity contribution < 1.29 is 4.79 Å². The number of hydrogen-bond donors (Lipinski definition) is 1. The first-order valence-corrected chi connectivity index (χ1v) is 9.49. The van der Waals surface area contributed by atoms with E-state index >= 15 is 0 Å². The molecule has 1 N–H and O–H groups in total. The van der Waals surface area contributed by atoms with E-state index in [2.05, 4.69) is 10.4 Å². The normalized spacial score (nSPS) is 19.5. The second kappa shape index (κ2) is 6.26. The first-order valence-electron chi connectivity index (χ1n) is 7.38. The Kier molecular flexibility index (Phi) is 3.95. The summed E-state index contributed by atoms with van der Waals surface area (Å²) in [6.07, 6.45) is 5.54. The fraction of sp³-hybridized carbons (Fsp3) is 0.118. The van der Waals surface area contributed by atoms with E-state index in [9.17, 15) is 4.79 Å². The number of hydrogen-bond acceptors (Lipinski definition) is 6. The summed E-state index contributed by atoms with van der Waals surface area (Å²) in [4.78, 5) is 18.5. The highest BCUT2D eigenvalue weighted by molar-refractivity contribution is 8.13. The molecule has 0 radical (unpaired) electrons. The van der Waals surface area contributed by atoms with Crippen molar-refractivity contribution in [1.29, 1.82) is 0 Å². The Bertz CT molecular complexity index is 963. The predicted octanol–water partition coefficient (Wildman–Crippen LogP) is 1.59. The summed E-state index contributed by atoms with van der Waals surface area (Å²) in [7, 11) is 0. The Labute approximate surface area is 147 Å². The Balaban J connectivity index is 1.86. The summed E-state index contributed by atoms with van der Waals surface area (Å²) in [6.45, 7) is 0. The van der Waals surface area contributed by atoms with Crippen LogP contribution in [0.5, 0.6) is 0 Å². The molecule has 120 valence electrons. The number of thioether (sulfide) groups is 1. The van der Waals surface area contributed by atoms with Crippen LogP contribution in [-0.4, -0.2) is 28.5 Å². The van der Waals surface area contributed by atoms with Crippen LogP contribution in [0, 0.1) is 0 Å². The van der Waals surface area contributed by atoms with E-state index in [-0.39, 0.29) is 12.1 Å². The lowest BCUT2D eigenvalue weighted by molar-refractivity contribution is -0.116. The summed E-state index contributed by atoms with van der Waals surface area (Å²) in [5, 5.41) is 13.3. The lowest BCUT2D eigenvalue weighted by atomic mass is 10.1. The molecule has 2 aliphatic rings. The van der Waals surface area contributed by atoms with Crippen molar-refractivity contribution in [2.75, 3.05) is 6.26 Å². The number of nitrogens with zero attached hydrogens (tertiary/aromatic N) is 3. The Hall–Kier alpha value is -2.38. The maximum Gasteiger partial charge on any atom is 0.276 e. The number of benzene rings is 1. The third-order valence-electron chi connectivity index (χ3n) is 3.71. The minimum Gasteiger partial charge on any atom is -0.298 e. The molecule has 7 heteroatoms. The van der Waals surface area contributed by atoms with Gasteiger partial charge in [0.2, 0.25) is 0 Å². The molecule has 1 amide bonds. The van der Waals surface area contributed by atoms with Crippen molar-refractivity contribution in [1.82, 2.24) is 10.3 Å². The number of amides is 1. The van der Waals surface area contributed by atoms with Crippen LogP contribution in [0.2, 0.25) is 0 Å². The highest BCUT2D eigenvalue weighted by Crippen LogP contribution is 2.21. The summed E-state index contributed by atoms with van der Waals surface area (Å²) in [6, 6.07) is 11.7. The van der Waals surface area contributed by atoms with Crippen molar-refractivity contribution >= 4 is 45.9 Å². The highest BCUT2D eigenvalue weighted by Gasteiger charge is 2.31. The zero-order valence-corrected chi connectivity index (χ0v) is 14.5. The van der Waals surface area contributed by atoms with Gasteiger partial charge in [0.1, 0.15) is 5.70 Å². The van der Waals surface area contributed by atoms with E-state index in [1.807, 2.05) is 60.2 Å². The first kappa shape index (κ1) is 15.2. The largest absolute Gasteiger partial charge is 0.298 e. The number of amidine groups is 1. The molecule has 0 fully saturated rings. The smallest absolute Gasteiger partial charge is 0.276 e. The van der Waals surface area contributed by atoms with Crippen LogP contribution in [0.15, 0.2) is 57.9 Å². The van der Waals surface area contributed by atoms with Gasteiger partial charge in [-0.1, -0.05) is 36.0 Å². The van der Waals surface area contributed by atoms with Gasteiger partial charge in [-0.15, -0.1) is 16.4 Å². The van der Waals surface area contributed by atoms with Crippen LogP contribution < -0.4 is 15.9 Å². The molecular weight excluding hydrogens is 340 g/mol. The van der Waals surface area contributed by atoms with E-state index in [1.165, 1.54) is 11.8 Å². The number of carbonyl (C=O) groups excluding carboxylic acids is 1. The van der Waals surface area contributed by atoms with Crippen LogP contribution in [0.25, 0.3) is 11.8 Å². The standard InChI is InChI=1S/C17H14N4OS2/c1-23-17-19-16(22)15-12-6-2-3-7-13(12)18-14(21(15)20-17)9-8-11-5-4-10-24-11/h2-10,14H,1H3,(H,19,20,22)/b9-8+/t14-/m1/s1. The molecule has 0 bridgehead atoms. The zero-order chi connectivity index (χ0) is 16.5. The van der Waals surface area contributed by atoms with Gasteiger partial charge in [-0.05, 0) is 35.9 Å². The summed E-state index contributed by atoms with van der Waals surface area (Å²) in [5.41, 5.74) is 0.541. The van der Waals surface area contributed by atoms with Crippen LogP contribution >= 0.6 is 23.1 Å². The second-order valence-corrected chi connectivity index (χ2v) is 6.97. The van der Waals surface area contributed by atoms with Gasteiger partial charge < -0.3 is 0 Å². The third-order valence-corrected chi connectivity index (χ3v) is 5.12. The predicted molar refractivity (Wildman–Crippen MR) is 98.7 cm³/mol. The SMILES string of the molecule is CSC1=NN2C(=c3ccccc3=N[C@H]2/C=C/c2cccs2)C(=O)N1. The van der Waals surface area contributed by atoms with E-state index in [1.54, 1.807) is 16.3 Å². The Morgan fingerprint density at radius 3 is 2.96 bits per heavy atom. The maximum absolute atomic E-state index is 12.6. The second-order valence-electron chi connectivity index (χ2n) is 5.19. The molecule has 0 saturated heterocycles. The molecule has 1 aromatic carbocycles. The van der Waals surface area contributed by atoms with Crippen molar-refractivity contribution in [3.8, 4) is 0 Å². The van der Waals surface area contributed by atoms with Gasteiger partial charge in [0.25, 0.3) is 5.91 Å². The number of nitrogens with one attached hydrogen (secondary N) is 1. The molecule has 5 nitrogen and oxygen atoms in total. The zero-order valence-electron chi connectivity index (χ0n) is 12.8. The molecule has 0 spiro atoms. The van der Waals surface area contributed by atoms with Gasteiger partial charge in [0.05, 0.1) is 5.36 Å². The summed E-state index contributed by atoms with van der Waals surface area (Å²) >= 11 is 3.06. The number of carbonyl (C=O) groups is 1. The van der Waals surface area contributed by atoms with Crippen LogP contribution in [-0.2, 0) is 4.79 Å². The van der Waals surface area contributed by atoms with Gasteiger partial charge in [0.15, 0.2) is 11.3 Å². The lowest BCUT2D eigenvalue weighted by Crippen LogP contribution is -2.52. The van der Waals surface area contributed by atoms with Gasteiger partial charge in [0, 0.05) is 10.1 Å². The van der Waals surface area contributed by atoms with Crippen molar-refractivity contribution in [2.24, 2.45) is 10.1 Å². The fourth-order valence-corrected chi connectivity index (χ4v) is 3.63. The van der Waals surface area contributed by atoms with Crippen LogP contribution in [0.4, 0.5) is 0 Å². The van der Waals surface area contributed by atoms with Crippen LogP contribution in [0.3, 0.4) is 0 Å². The van der Waals surface area contributed by atoms with E-state index in [0.717, 1.165) is 15.5 Å². The molecule has 2 aromatic rings. The quantitative estimate of drug-likeness (QED) is 0.891. The van der Waals surface area contributed by atoms with Crippen molar-refractivity contribution in [2.45, 2.75) is 6.17 Å². The molecule has 4 rings (SSSR count). The minimum atomic E-state index is -0.342. The first-order chi connectivity index (χ1) is 11.8. The minimum absolute atomic E-state index is 0.147. The average Bonchev–Trinajstić information content (AvgIpc) is 3.12. The van der Waals surface area contributed by atoms with Gasteiger partial charge in [-0.2, -0.15) is 0 Å². The molecule has 2 aliphatic heterocycles. The van der Waals surface area contributed by atoms with E-state index < -0.39 is 0 Å². The third kappa shape index (κ3) is 2.65. The summed E-state index contributed by atoms with van der Waals surface area (Å²) < 4.78 is 0. The number of rotatable bonds is 2. The number of thiophene rings is 1. The molecule has 0 saturated carbocycles. The van der Waals surface area contributed by atoms with Gasteiger partial charge >= 0.3 is 0 Å². The molecular formula is C17H14N4OS2. The molecule has 24 heavy (non-hydrogen) atoms. The Morgan fingerprint density at radius 2 is 2.17 bits per heavy atom. The van der Waals surface area contributed by atoms with Crippen molar-refractivity contribution in [3.63, 3.8) is 0 Å². The molecule has 1 aromatic heterocycles. The van der Waals surface area contributed by atoms with Gasteiger partial charge in [-0.3, -0.25) is 15.1 Å². The average molecular weight is 354 g/mol. The number of para-hydroxylation sites is 1. The fourth-order valence-electron chi connectivity index (χ4n) is 2.64. The van der Waals surface area contributed by atoms with E-state index in [0.29, 0.717) is 10.9 Å². The van der Waals surface area contributed by atoms with Gasteiger partial charge in [-0.25, -0.2) is 5.01 Å². The number of fused-ring (bicyclic) bond motifs is 2. The highest BCUT2D eigenvalue weighted by atomic mass is 32.2. The maximum atomic E-state index is 12.6. The van der Waals surface area contributed by atoms with Crippen molar-refractivity contribution in [3.05, 3.63) is 63.3 Å². The summed E-state index contributed by atoms with van der Waals surface area (Å²) in [5.74, 6) is -0.147. The molecule has 1 atom stereocenters. The monoisotopic (exact) mass is 354 g/mol. The molecule has 0 unspecified atom stereocenters. The van der Waals surface area contributed by atoms with Crippen LogP contribution in [0.1, 0.15) is 4.88 Å². The molecule has 3 heterocycles. The topological polar surface area (TPSA) is 57.1 Å². The Morgan fingerprint density at radius 1 is 1.29 bits per heavy atom. The lowest BCUT2D eigenvalue weighted by Gasteiger charge is -2.32. The molecule has 0 aliphatic carbocycles. The number of hydrazone groups is 1. The van der Waals surface area contributed by atoms with E-state index in [4.69, 9.17) is 4.99 Å².